The Morgan fingerprint density at radius 3 is 3.12 bits per heavy atom. The van der Waals surface area contributed by atoms with Gasteiger partial charge in [0.05, 0.1) is 25.1 Å². The van der Waals surface area contributed by atoms with Gasteiger partial charge in [-0.2, -0.15) is 5.10 Å². The molecule has 2 saturated heterocycles. The number of piperidine rings is 1. The van der Waals surface area contributed by atoms with Crippen LogP contribution in [-0.4, -0.2) is 46.4 Å². The molecular weight excluding hydrogens is 332 g/mol. The van der Waals surface area contributed by atoms with Crippen LogP contribution in [0.3, 0.4) is 0 Å². The quantitative estimate of drug-likeness (QED) is 0.878. The second kappa shape index (κ2) is 7.63. The van der Waals surface area contributed by atoms with E-state index in [0.29, 0.717) is 13.2 Å². The smallest absolute Gasteiger partial charge is 0.224 e. The molecule has 0 bridgehead atoms. The zero-order valence-corrected chi connectivity index (χ0v) is 15.1. The number of rotatable bonds is 5. The Morgan fingerprint density at radius 1 is 1.42 bits per heavy atom. The van der Waals surface area contributed by atoms with Gasteiger partial charge in [0, 0.05) is 56.9 Å². The molecule has 0 radical (unpaired) electrons. The van der Waals surface area contributed by atoms with E-state index in [1.54, 1.807) is 6.26 Å². The van der Waals surface area contributed by atoms with Crippen molar-refractivity contribution in [1.29, 1.82) is 0 Å². The highest BCUT2D eigenvalue weighted by atomic mass is 16.5. The number of aromatic nitrogens is 2. The maximum Gasteiger partial charge on any atom is 0.224 e. The molecule has 4 rings (SSSR count). The largest absolute Gasteiger partial charge is 0.467 e. The van der Waals surface area contributed by atoms with Crippen LogP contribution in [0.2, 0.25) is 0 Å². The lowest BCUT2D eigenvalue weighted by atomic mass is 9.79. The van der Waals surface area contributed by atoms with E-state index in [0.717, 1.165) is 38.2 Å². The molecular formula is C19H26N4O3. The number of fused-ring (bicyclic) bond motifs is 1. The Kier molecular flexibility index (Phi) is 5.08. The number of furan rings is 1. The van der Waals surface area contributed by atoms with Crippen molar-refractivity contribution in [2.24, 2.45) is 18.9 Å². The fourth-order valence-corrected chi connectivity index (χ4v) is 4.18. The van der Waals surface area contributed by atoms with Crippen molar-refractivity contribution in [3.05, 3.63) is 42.1 Å². The minimum absolute atomic E-state index is 0.000380. The third-order valence-corrected chi connectivity index (χ3v) is 5.47. The third-order valence-electron chi connectivity index (χ3n) is 5.47. The monoisotopic (exact) mass is 358 g/mol. The number of amides is 1. The molecule has 0 aromatic carbocycles. The molecule has 7 heteroatoms. The van der Waals surface area contributed by atoms with Crippen LogP contribution in [0.25, 0.3) is 0 Å². The van der Waals surface area contributed by atoms with Crippen molar-refractivity contribution in [2.45, 2.75) is 32.0 Å². The molecule has 0 spiro atoms. The van der Waals surface area contributed by atoms with Gasteiger partial charge in [-0.3, -0.25) is 14.4 Å². The first-order valence-electron chi connectivity index (χ1n) is 9.30. The van der Waals surface area contributed by atoms with E-state index in [1.807, 2.05) is 30.1 Å². The Bertz CT molecular complexity index is 727. The molecule has 3 atom stereocenters. The fourth-order valence-electron chi connectivity index (χ4n) is 4.18. The number of ether oxygens (including phenoxy) is 1. The number of hydrogen-bond donors (Lipinski definition) is 1. The number of nitrogens with one attached hydrogen (secondary N) is 1. The molecule has 2 aromatic heterocycles. The van der Waals surface area contributed by atoms with E-state index >= 15 is 0 Å². The van der Waals surface area contributed by atoms with Gasteiger partial charge in [0.15, 0.2) is 0 Å². The minimum atomic E-state index is 0.000380. The van der Waals surface area contributed by atoms with Gasteiger partial charge < -0.3 is 14.5 Å². The minimum Gasteiger partial charge on any atom is -0.467 e. The van der Waals surface area contributed by atoms with Gasteiger partial charge in [-0.25, -0.2) is 0 Å². The SMILES string of the molecule is Cn1cc(CN2CC[C@H]3OCC[C@@H](C(=O)NCc4ccco4)[C@H]3C2)cn1. The molecule has 140 valence electrons. The number of likely N-dealkylation sites (tertiary alicyclic amines) is 1. The third kappa shape index (κ3) is 3.83. The van der Waals surface area contributed by atoms with Crippen LogP contribution in [0, 0.1) is 11.8 Å². The summed E-state index contributed by atoms with van der Waals surface area (Å²) >= 11 is 0. The van der Waals surface area contributed by atoms with Gasteiger partial charge in [0.25, 0.3) is 0 Å². The molecule has 1 N–H and O–H groups in total. The molecule has 2 aliphatic rings. The maximum atomic E-state index is 12.8. The maximum absolute atomic E-state index is 12.8. The Morgan fingerprint density at radius 2 is 2.35 bits per heavy atom. The summed E-state index contributed by atoms with van der Waals surface area (Å²) in [5.74, 6) is 1.14. The van der Waals surface area contributed by atoms with E-state index in [4.69, 9.17) is 9.15 Å². The van der Waals surface area contributed by atoms with Crippen LogP contribution in [0.15, 0.2) is 35.2 Å². The van der Waals surface area contributed by atoms with Crippen molar-refractivity contribution in [2.75, 3.05) is 19.7 Å². The molecule has 26 heavy (non-hydrogen) atoms. The zero-order chi connectivity index (χ0) is 17.9. The van der Waals surface area contributed by atoms with Gasteiger partial charge in [-0.15, -0.1) is 0 Å². The first-order valence-corrected chi connectivity index (χ1v) is 9.30. The summed E-state index contributed by atoms with van der Waals surface area (Å²) < 4.78 is 13.1. The highest BCUT2D eigenvalue weighted by molar-refractivity contribution is 5.79. The van der Waals surface area contributed by atoms with Crippen LogP contribution in [0.4, 0.5) is 0 Å². The van der Waals surface area contributed by atoms with Gasteiger partial charge >= 0.3 is 0 Å². The number of carbonyl (C=O) groups excluding carboxylic acids is 1. The molecule has 4 heterocycles. The van der Waals surface area contributed by atoms with E-state index in [1.165, 1.54) is 5.56 Å². The highest BCUT2D eigenvalue weighted by Gasteiger charge is 2.41. The second-order valence-electron chi connectivity index (χ2n) is 7.31. The normalized spacial score (nSPS) is 26.4. The summed E-state index contributed by atoms with van der Waals surface area (Å²) in [6, 6.07) is 3.72. The number of nitrogens with zero attached hydrogens (tertiary/aromatic N) is 3. The van der Waals surface area contributed by atoms with Crippen molar-refractivity contribution in [3.63, 3.8) is 0 Å². The van der Waals surface area contributed by atoms with Gasteiger partial charge in [0.2, 0.25) is 5.91 Å². The molecule has 0 aliphatic carbocycles. The lowest BCUT2D eigenvalue weighted by Crippen LogP contribution is -2.53. The summed E-state index contributed by atoms with van der Waals surface area (Å²) in [4.78, 5) is 15.2. The predicted molar refractivity (Wildman–Crippen MR) is 95.0 cm³/mol. The summed E-state index contributed by atoms with van der Waals surface area (Å²) in [7, 11) is 1.93. The predicted octanol–water partition coefficient (Wildman–Crippen LogP) is 1.56. The zero-order valence-electron chi connectivity index (χ0n) is 15.1. The summed E-state index contributed by atoms with van der Waals surface area (Å²) in [6.45, 7) is 3.87. The van der Waals surface area contributed by atoms with Crippen molar-refractivity contribution in [3.8, 4) is 0 Å². The second-order valence-corrected chi connectivity index (χ2v) is 7.31. The summed E-state index contributed by atoms with van der Waals surface area (Å²) in [5, 5.41) is 7.28. The molecule has 2 fully saturated rings. The van der Waals surface area contributed by atoms with Crippen LogP contribution < -0.4 is 5.32 Å². The molecule has 0 saturated carbocycles. The molecule has 1 amide bonds. The number of carbonyl (C=O) groups is 1. The lowest BCUT2D eigenvalue weighted by molar-refractivity contribution is -0.142. The Labute approximate surface area is 153 Å². The van der Waals surface area contributed by atoms with Crippen LogP contribution in [-0.2, 0) is 29.7 Å². The van der Waals surface area contributed by atoms with E-state index in [9.17, 15) is 4.79 Å². The number of aryl methyl sites for hydroxylation is 1. The van der Waals surface area contributed by atoms with Gasteiger partial charge in [0.1, 0.15) is 5.76 Å². The van der Waals surface area contributed by atoms with E-state index in [2.05, 4.69) is 21.5 Å². The molecule has 7 nitrogen and oxygen atoms in total. The fraction of sp³-hybridized carbons (Fsp3) is 0.579. The Balaban J connectivity index is 1.38. The molecule has 0 unspecified atom stereocenters. The Hall–Kier alpha value is -2.12. The van der Waals surface area contributed by atoms with Crippen LogP contribution >= 0.6 is 0 Å². The van der Waals surface area contributed by atoms with Crippen LogP contribution in [0.1, 0.15) is 24.2 Å². The lowest BCUT2D eigenvalue weighted by Gasteiger charge is -2.44. The summed E-state index contributed by atoms with van der Waals surface area (Å²) in [5.41, 5.74) is 1.21. The number of hydrogen-bond acceptors (Lipinski definition) is 5. The first-order chi connectivity index (χ1) is 12.7. The molecule has 2 aromatic rings. The average molecular weight is 358 g/mol. The standard InChI is InChI=1S/C19H26N4O3/c1-22-11-14(9-21-22)12-23-6-4-18-17(13-23)16(5-8-26-18)19(24)20-10-15-3-2-7-25-15/h2-3,7,9,11,16-18H,4-6,8,10,12-13H2,1H3,(H,20,24)/t16-,17-,18-/m1/s1. The van der Waals surface area contributed by atoms with E-state index in [-0.39, 0.29) is 23.8 Å². The van der Waals surface area contributed by atoms with Crippen molar-refractivity contribution < 1.29 is 13.9 Å². The summed E-state index contributed by atoms with van der Waals surface area (Å²) in [6.07, 6.45) is 7.55. The van der Waals surface area contributed by atoms with E-state index < -0.39 is 0 Å². The topological polar surface area (TPSA) is 72.5 Å². The van der Waals surface area contributed by atoms with Gasteiger partial charge in [-0.05, 0) is 25.0 Å². The highest BCUT2D eigenvalue weighted by Crippen LogP contribution is 2.33. The van der Waals surface area contributed by atoms with Gasteiger partial charge in [-0.1, -0.05) is 0 Å². The molecule has 2 aliphatic heterocycles. The van der Waals surface area contributed by atoms with Crippen molar-refractivity contribution in [1.82, 2.24) is 20.0 Å². The first kappa shape index (κ1) is 17.3. The van der Waals surface area contributed by atoms with Crippen molar-refractivity contribution >= 4 is 5.91 Å². The average Bonchev–Trinajstić information content (AvgIpc) is 3.31. The van der Waals surface area contributed by atoms with Crippen LogP contribution in [0.5, 0.6) is 0 Å².